The first kappa shape index (κ1) is 13.4. The monoisotopic (exact) mass is 238 g/mol. The van der Waals surface area contributed by atoms with Crippen LogP contribution in [0.15, 0.2) is 18.2 Å². The lowest BCUT2D eigenvalue weighted by molar-refractivity contribution is -0.145. The van der Waals surface area contributed by atoms with Crippen LogP contribution in [-0.2, 0) is 16.0 Å². The highest BCUT2D eigenvalue weighted by atomic mass is 16.5. The van der Waals surface area contributed by atoms with Gasteiger partial charge in [0, 0.05) is 6.92 Å². The number of esters is 1. The molecule has 0 amide bonds. The summed E-state index contributed by atoms with van der Waals surface area (Å²) < 4.78 is 10.1. The first-order valence-corrected chi connectivity index (χ1v) is 5.56. The second-order valence-electron chi connectivity index (χ2n) is 3.96. The molecule has 17 heavy (non-hydrogen) atoms. The van der Waals surface area contributed by atoms with E-state index in [0.29, 0.717) is 5.75 Å². The predicted molar refractivity (Wildman–Crippen MR) is 64.2 cm³/mol. The molecule has 0 radical (unpaired) electrons. The van der Waals surface area contributed by atoms with Crippen molar-refractivity contribution in [3.63, 3.8) is 0 Å². The van der Waals surface area contributed by atoms with Gasteiger partial charge < -0.3 is 14.6 Å². The molecule has 0 saturated carbocycles. The molecule has 0 heterocycles. The van der Waals surface area contributed by atoms with Crippen LogP contribution in [0.25, 0.3) is 0 Å². The second-order valence-corrected chi connectivity index (χ2v) is 3.96. The SMILES string of the molecule is COc1cc(CC[C@@H](C)OC(C)=O)ccc1O. The van der Waals surface area contributed by atoms with Crippen molar-refractivity contribution < 1.29 is 19.4 Å². The molecule has 1 aromatic rings. The molecular formula is C13H18O4. The van der Waals surface area contributed by atoms with Crippen LogP contribution in [0.4, 0.5) is 0 Å². The van der Waals surface area contributed by atoms with Gasteiger partial charge in [0.15, 0.2) is 11.5 Å². The Morgan fingerprint density at radius 2 is 2.18 bits per heavy atom. The van der Waals surface area contributed by atoms with Crippen LogP contribution in [0.1, 0.15) is 25.8 Å². The van der Waals surface area contributed by atoms with E-state index in [0.717, 1.165) is 18.4 Å². The van der Waals surface area contributed by atoms with E-state index < -0.39 is 0 Å². The van der Waals surface area contributed by atoms with Gasteiger partial charge in [-0.05, 0) is 37.5 Å². The molecule has 1 aromatic carbocycles. The molecule has 1 atom stereocenters. The number of phenols is 1. The lowest BCUT2D eigenvalue weighted by atomic mass is 10.1. The van der Waals surface area contributed by atoms with E-state index >= 15 is 0 Å². The third-order valence-electron chi connectivity index (χ3n) is 2.45. The fraction of sp³-hybridized carbons (Fsp3) is 0.462. The molecule has 0 aromatic heterocycles. The molecule has 1 rings (SSSR count). The lowest BCUT2D eigenvalue weighted by Gasteiger charge is -2.12. The van der Waals surface area contributed by atoms with Crippen molar-refractivity contribution in [1.29, 1.82) is 0 Å². The first-order chi connectivity index (χ1) is 8.02. The number of carbonyl (C=O) groups is 1. The molecule has 0 aliphatic rings. The summed E-state index contributed by atoms with van der Waals surface area (Å²) in [5.41, 5.74) is 1.04. The Morgan fingerprint density at radius 1 is 1.47 bits per heavy atom. The molecular weight excluding hydrogens is 220 g/mol. The Labute approximate surface area is 101 Å². The summed E-state index contributed by atoms with van der Waals surface area (Å²) in [7, 11) is 1.51. The van der Waals surface area contributed by atoms with Crippen molar-refractivity contribution in [1.82, 2.24) is 0 Å². The minimum absolute atomic E-state index is 0.104. The number of phenolic OH excluding ortho intramolecular Hbond substituents is 1. The van der Waals surface area contributed by atoms with E-state index in [1.807, 2.05) is 13.0 Å². The molecule has 0 bridgehead atoms. The van der Waals surface area contributed by atoms with Gasteiger partial charge in [-0.15, -0.1) is 0 Å². The smallest absolute Gasteiger partial charge is 0.302 e. The van der Waals surface area contributed by atoms with Crippen LogP contribution in [0.2, 0.25) is 0 Å². The Morgan fingerprint density at radius 3 is 2.76 bits per heavy atom. The fourth-order valence-electron chi connectivity index (χ4n) is 1.59. The van der Waals surface area contributed by atoms with Crippen molar-refractivity contribution in [3.05, 3.63) is 23.8 Å². The van der Waals surface area contributed by atoms with E-state index in [2.05, 4.69) is 0 Å². The van der Waals surface area contributed by atoms with Crippen LogP contribution in [0.5, 0.6) is 11.5 Å². The van der Waals surface area contributed by atoms with Crippen LogP contribution >= 0.6 is 0 Å². The zero-order valence-electron chi connectivity index (χ0n) is 10.4. The number of hydrogen-bond donors (Lipinski definition) is 1. The molecule has 0 aliphatic carbocycles. The number of ether oxygens (including phenoxy) is 2. The van der Waals surface area contributed by atoms with Crippen LogP contribution in [-0.4, -0.2) is 24.3 Å². The number of methoxy groups -OCH3 is 1. The summed E-state index contributed by atoms with van der Waals surface area (Å²) >= 11 is 0. The zero-order chi connectivity index (χ0) is 12.8. The van der Waals surface area contributed by atoms with Gasteiger partial charge in [-0.25, -0.2) is 0 Å². The summed E-state index contributed by atoms with van der Waals surface area (Å²) in [5, 5.41) is 9.44. The van der Waals surface area contributed by atoms with Gasteiger partial charge in [0.25, 0.3) is 0 Å². The summed E-state index contributed by atoms with van der Waals surface area (Å²) in [6, 6.07) is 5.22. The molecule has 4 nitrogen and oxygen atoms in total. The minimum Gasteiger partial charge on any atom is -0.504 e. The van der Waals surface area contributed by atoms with Gasteiger partial charge in [-0.1, -0.05) is 6.07 Å². The normalized spacial score (nSPS) is 11.9. The highest BCUT2D eigenvalue weighted by molar-refractivity contribution is 5.66. The van der Waals surface area contributed by atoms with Crippen molar-refractivity contribution >= 4 is 5.97 Å². The maximum Gasteiger partial charge on any atom is 0.302 e. The van der Waals surface area contributed by atoms with Crippen LogP contribution in [0, 0.1) is 0 Å². The molecule has 94 valence electrons. The fourth-order valence-corrected chi connectivity index (χ4v) is 1.59. The molecule has 0 spiro atoms. The molecule has 1 N–H and O–H groups in total. The molecule has 4 heteroatoms. The lowest BCUT2D eigenvalue weighted by Crippen LogP contribution is -2.12. The van der Waals surface area contributed by atoms with Gasteiger partial charge in [-0.3, -0.25) is 4.79 Å². The van der Waals surface area contributed by atoms with Crippen LogP contribution < -0.4 is 4.74 Å². The highest BCUT2D eigenvalue weighted by Crippen LogP contribution is 2.26. The number of hydrogen-bond acceptors (Lipinski definition) is 4. The number of carbonyl (C=O) groups excluding carboxylic acids is 1. The van der Waals surface area contributed by atoms with Crippen molar-refractivity contribution in [2.24, 2.45) is 0 Å². The van der Waals surface area contributed by atoms with Crippen molar-refractivity contribution in [2.75, 3.05) is 7.11 Å². The van der Waals surface area contributed by atoms with Crippen LogP contribution in [0.3, 0.4) is 0 Å². The van der Waals surface area contributed by atoms with E-state index in [4.69, 9.17) is 9.47 Å². The summed E-state index contributed by atoms with van der Waals surface area (Å²) in [6.07, 6.45) is 1.41. The summed E-state index contributed by atoms with van der Waals surface area (Å²) in [5.74, 6) is 0.327. The van der Waals surface area contributed by atoms with E-state index in [9.17, 15) is 9.90 Å². The van der Waals surface area contributed by atoms with E-state index in [-0.39, 0.29) is 17.8 Å². The van der Waals surface area contributed by atoms with Gasteiger partial charge in [-0.2, -0.15) is 0 Å². The largest absolute Gasteiger partial charge is 0.504 e. The Hall–Kier alpha value is -1.71. The molecule has 0 saturated heterocycles. The topological polar surface area (TPSA) is 55.8 Å². The molecule has 0 fully saturated rings. The third-order valence-corrected chi connectivity index (χ3v) is 2.45. The maximum atomic E-state index is 10.7. The van der Waals surface area contributed by atoms with Gasteiger partial charge in [0.05, 0.1) is 13.2 Å². The average molecular weight is 238 g/mol. The van der Waals surface area contributed by atoms with E-state index in [1.54, 1.807) is 12.1 Å². The number of benzene rings is 1. The quantitative estimate of drug-likeness (QED) is 0.799. The van der Waals surface area contributed by atoms with Gasteiger partial charge in [0.1, 0.15) is 0 Å². The summed E-state index contributed by atoms with van der Waals surface area (Å²) in [4.78, 5) is 10.7. The highest BCUT2D eigenvalue weighted by Gasteiger charge is 2.07. The van der Waals surface area contributed by atoms with E-state index in [1.165, 1.54) is 14.0 Å². The molecule has 0 aliphatic heterocycles. The third kappa shape index (κ3) is 4.34. The average Bonchev–Trinajstić information content (AvgIpc) is 2.27. The number of aryl methyl sites for hydroxylation is 1. The van der Waals surface area contributed by atoms with Gasteiger partial charge >= 0.3 is 5.97 Å². The second kappa shape index (κ2) is 6.13. The molecule has 0 unspecified atom stereocenters. The van der Waals surface area contributed by atoms with Crippen molar-refractivity contribution in [2.45, 2.75) is 32.8 Å². The standard InChI is InChI=1S/C13H18O4/c1-9(17-10(2)14)4-5-11-6-7-12(15)13(8-11)16-3/h6-9,15H,4-5H2,1-3H3/t9-/m1/s1. The number of aromatic hydroxyl groups is 1. The zero-order valence-corrected chi connectivity index (χ0v) is 10.4. The maximum absolute atomic E-state index is 10.7. The summed E-state index contributed by atoms with van der Waals surface area (Å²) in [6.45, 7) is 3.26. The predicted octanol–water partition coefficient (Wildman–Crippen LogP) is 2.29. The Kier molecular flexibility index (Phi) is 4.82. The van der Waals surface area contributed by atoms with Crippen molar-refractivity contribution in [3.8, 4) is 11.5 Å². The number of rotatable bonds is 5. The Bertz CT molecular complexity index is 387. The Balaban J connectivity index is 2.54. The minimum atomic E-state index is -0.263. The first-order valence-electron chi connectivity index (χ1n) is 5.56. The van der Waals surface area contributed by atoms with Gasteiger partial charge in [0.2, 0.25) is 0 Å².